The molecule has 0 spiro atoms. The van der Waals surface area contributed by atoms with Crippen molar-refractivity contribution in [2.75, 3.05) is 41.2 Å². The van der Waals surface area contributed by atoms with Crippen molar-refractivity contribution in [3.63, 3.8) is 0 Å². The molecule has 0 aliphatic carbocycles. The number of nitrogens with zero attached hydrogens (tertiary/aromatic N) is 1. The van der Waals surface area contributed by atoms with E-state index in [1.165, 1.54) is 6.07 Å². The van der Waals surface area contributed by atoms with E-state index < -0.39 is 15.9 Å². The molecule has 0 bridgehead atoms. The molecule has 1 aliphatic rings. The van der Waals surface area contributed by atoms with Crippen LogP contribution in [0.4, 0.5) is 17.1 Å². The molecule has 0 radical (unpaired) electrons. The second-order valence-corrected chi connectivity index (χ2v) is 11.7. The predicted molar refractivity (Wildman–Crippen MR) is 132 cm³/mol. The van der Waals surface area contributed by atoms with Crippen LogP contribution in [0.15, 0.2) is 62.6 Å². The summed E-state index contributed by atoms with van der Waals surface area (Å²) in [6.07, 6.45) is 0. The number of nitrogens with one attached hydrogen (secondary N) is 2. The van der Waals surface area contributed by atoms with E-state index in [4.69, 9.17) is 16.3 Å². The third kappa shape index (κ3) is 5.26. The summed E-state index contributed by atoms with van der Waals surface area (Å²) >= 11 is 10.5. The number of thiophene rings is 1. The average molecular weight is 557 g/mol. The topological polar surface area (TPSA) is 87.7 Å². The van der Waals surface area contributed by atoms with Crippen LogP contribution in [-0.2, 0) is 14.8 Å². The Labute approximate surface area is 203 Å². The number of carbonyl (C=O) groups is 1. The van der Waals surface area contributed by atoms with Crippen molar-refractivity contribution in [2.24, 2.45) is 0 Å². The first-order valence-electron chi connectivity index (χ1n) is 9.64. The summed E-state index contributed by atoms with van der Waals surface area (Å²) in [5.74, 6) is -0.451. The maximum Gasteiger partial charge on any atom is 0.271 e. The average Bonchev–Trinajstić information content (AvgIpc) is 3.22. The molecule has 168 valence electrons. The van der Waals surface area contributed by atoms with Crippen molar-refractivity contribution in [1.29, 1.82) is 0 Å². The highest BCUT2D eigenvalue weighted by Gasteiger charge is 2.22. The first kappa shape index (κ1) is 23.1. The van der Waals surface area contributed by atoms with Gasteiger partial charge in [0.05, 0.1) is 39.6 Å². The van der Waals surface area contributed by atoms with Gasteiger partial charge >= 0.3 is 0 Å². The number of benzene rings is 2. The van der Waals surface area contributed by atoms with E-state index in [1.807, 2.05) is 6.07 Å². The van der Waals surface area contributed by atoms with Crippen LogP contribution in [0.3, 0.4) is 0 Å². The van der Waals surface area contributed by atoms with Crippen molar-refractivity contribution in [3.05, 3.63) is 69.0 Å². The van der Waals surface area contributed by atoms with Gasteiger partial charge < -0.3 is 15.0 Å². The molecule has 1 aliphatic heterocycles. The maximum atomic E-state index is 13.2. The number of sulfonamides is 1. The van der Waals surface area contributed by atoms with Gasteiger partial charge in [0, 0.05) is 18.1 Å². The number of hydrogen-bond donors (Lipinski definition) is 2. The lowest BCUT2D eigenvalue weighted by molar-refractivity contribution is 0.102. The molecule has 1 saturated heterocycles. The first-order chi connectivity index (χ1) is 15.3. The van der Waals surface area contributed by atoms with E-state index in [2.05, 4.69) is 30.9 Å². The second-order valence-electron chi connectivity index (χ2n) is 6.92. The van der Waals surface area contributed by atoms with Gasteiger partial charge in [-0.2, -0.15) is 0 Å². The minimum atomic E-state index is -3.84. The molecule has 0 saturated carbocycles. The number of para-hydroxylation sites is 1. The zero-order valence-corrected chi connectivity index (χ0v) is 20.7. The minimum Gasteiger partial charge on any atom is -0.378 e. The van der Waals surface area contributed by atoms with E-state index in [1.54, 1.807) is 42.5 Å². The third-order valence-corrected chi connectivity index (χ3v) is 8.50. The highest BCUT2D eigenvalue weighted by Crippen LogP contribution is 2.32. The quantitative estimate of drug-likeness (QED) is 0.443. The molecule has 4 rings (SSSR count). The van der Waals surface area contributed by atoms with Crippen LogP contribution >= 0.6 is 38.9 Å². The molecule has 32 heavy (non-hydrogen) atoms. The number of carbonyl (C=O) groups excluding carboxylic acids is 1. The van der Waals surface area contributed by atoms with E-state index in [0.29, 0.717) is 40.8 Å². The highest BCUT2D eigenvalue weighted by atomic mass is 79.9. The van der Waals surface area contributed by atoms with Gasteiger partial charge in [-0.05, 0) is 58.4 Å². The van der Waals surface area contributed by atoms with Gasteiger partial charge in [-0.15, -0.1) is 11.3 Å². The van der Waals surface area contributed by atoms with Gasteiger partial charge in [0.25, 0.3) is 15.9 Å². The Balaban J connectivity index is 1.61. The molecule has 3 aromatic rings. The van der Waals surface area contributed by atoms with Crippen molar-refractivity contribution in [2.45, 2.75) is 4.21 Å². The summed E-state index contributed by atoms with van der Waals surface area (Å²) in [6.45, 7) is 2.58. The van der Waals surface area contributed by atoms with Gasteiger partial charge in [0.15, 0.2) is 0 Å². The molecule has 1 amide bonds. The molecule has 2 heterocycles. The van der Waals surface area contributed by atoms with Crippen LogP contribution in [0.5, 0.6) is 0 Å². The lowest BCUT2D eigenvalue weighted by Gasteiger charge is -2.30. The smallest absolute Gasteiger partial charge is 0.271 e. The fourth-order valence-electron chi connectivity index (χ4n) is 3.29. The number of halogens is 2. The summed E-state index contributed by atoms with van der Waals surface area (Å²) in [5, 5.41) is 3.37. The highest BCUT2D eigenvalue weighted by molar-refractivity contribution is 9.11. The lowest BCUT2D eigenvalue weighted by atomic mass is 10.1. The standard InChI is InChI=1S/C21H19BrClN3O4S2/c22-19-7-8-20(31-19)32(28,29)25-16-4-2-1-3-15(16)21(27)24-17-13-14(23)5-6-18(17)26-9-11-30-12-10-26/h1-8,13,25H,9-12H2,(H,24,27). The van der Waals surface area contributed by atoms with Gasteiger partial charge in [-0.3, -0.25) is 9.52 Å². The van der Waals surface area contributed by atoms with Crippen molar-refractivity contribution >= 4 is 71.9 Å². The van der Waals surface area contributed by atoms with Gasteiger partial charge in [0.2, 0.25) is 0 Å². The van der Waals surface area contributed by atoms with Crippen molar-refractivity contribution in [3.8, 4) is 0 Å². The molecule has 7 nitrogen and oxygen atoms in total. The van der Waals surface area contributed by atoms with E-state index in [0.717, 1.165) is 17.0 Å². The monoisotopic (exact) mass is 555 g/mol. The molecular weight excluding hydrogens is 538 g/mol. The lowest BCUT2D eigenvalue weighted by Crippen LogP contribution is -2.36. The fourth-order valence-corrected chi connectivity index (χ4v) is 6.55. The second kappa shape index (κ2) is 9.80. The van der Waals surface area contributed by atoms with Crippen LogP contribution in [0.2, 0.25) is 5.02 Å². The van der Waals surface area contributed by atoms with Crippen molar-refractivity contribution in [1.82, 2.24) is 0 Å². The fraction of sp³-hybridized carbons (Fsp3) is 0.190. The SMILES string of the molecule is O=C(Nc1cc(Cl)ccc1N1CCOCC1)c1ccccc1NS(=O)(=O)c1ccc(Br)s1. The number of hydrogen-bond acceptors (Lipinski definition) is 6. The Bertz CT molecular complexity index is 1240. The Kier molecular flexibility index (Phi) is 7.06. The largest absolute Gasteiger partial charge is 0.378 e. The minimum absolute atomic E-state index is 0.143. The predicted octanol–water partition coefficient (Wildman–Crippen LogP) is 5.05. The summed E-state index contributed by atoms with van der Waals surface area (Å²) in [7, 11) is -3.84. The van der Waals surface area contributed by atoms with Crippen LogP contribution < -0.4 is 14.9 Å². The summed E-state index contributed by atoms with van der Waals surface area (Å²) in [5.41, 5.74) is 1.75. The van der Waals surface area contributed by atoms with Crippen LogP contribution in [0.1, 0.15) is 10.4 Å². The Morgan fingerprint density at radius 1 is 1.06 bits per heavy atom. The normalized spacial score (nSPS) is 14.2. The maximum absolute atomic E-state index is 13.2. The molecular formula is C21H19BrClN3O4S2. The van der Waals surface area contributed by atoms with Crippen LogP contribution in [0, 0.1) is 0 Å². The van der Waals surface area contributed by atoms with E-state index >= 15 is 0 Å². The van der Waals surface area contributed by atoms with Gasteiger partial charge in [-0.25, -0.2) is 8.42 Å². The number of amides is 1. The molecule has 2 N–H and O–H groups in total. The van der Waals surface area contributed by atoms with E-state index in [-0.39, 0.29) is 15.5 Å². The summed E-state index contributed by atoms with van der Waals surface area (Å²) < 4.78 is 34.3. The summed E-state index contributed by atoms with van der Waals surface area (Å²) in [6, 6.07) is 14.9. The molecule has 1 fully saturated rings. The first-order valence-corrected chi connectivity index (χ1v) is 13.1. The molecule has 11 heteroatoms. The summed E-state index contributed by atoms with van der Waals surface area (Å²) in [4.78, 5) is 15.3. The van der Waals surface area contributed by atoms with Gasteiger partial charge in [0.1, 0.15) is 4.21 Å². The molecule has 2 aromatic carbocycles. The third-order valence-electron chi connectivity index (χ3n) is 4.79. The Morgan fingerprint density at radius 2 is 1.81 bits per heavy atom. The van der Waals surface area contributed by atoms with E-state index in [9.17, 15) is 13.2 Å². The van der Waals surface area contributed by atoms with Crippen molar-refractivity contribution < 1.29 is 17.9 Å². The molecule has 0 atom stereocenters. The number of morpholine rings is 1. The van der Waals surface area contributed by atoms with Crippen LogP contribution in [-0.4, -0.2) is 40.6 Å². The molecule has 0 unspecified atom stereocenters. The number of ether oxygens (including phenoxy) is 1. The Hall–Kier alpha value is -2.11. The van der Waals surface area contributed by atoms with Gasteiger partial charge in [-0.1, -0.05) is 23.7 Å². The number of anilines is 3. The number of rotatable bonds is 6. The molecule has 1 aromatic heterocycles. The van der Waals surface area contributed by atoms with Crippen LogP contribution in [0.25, 0.3) is 0 Å². The zero-order valence-electron chi connectivity index (χ0n) is 16.7. The zero-order chi connectivity index (χ0) is 22.7. The Morgan fingerprint density at radius 3 is 2.53 bits per heavy atom.